The molecule has 2 fully saturated rings. The van der Waals surface area contributed by atoms with Crippen molar-refractivity contribution in [2.24, 2.45) is 5.92 Å². The Hall–Kier alpha value is -2.45. The number of H-pyrrole nitrogens is 1. The Morgan fingerprint density at radius 2 is 2.10 bits per heavy atom. The predicted molar refractivity (Wildman–Crippen MR) is 113 cm³/mol. The molecule has 8 heteroatoms. The molecule has 1 aromatic carbocycles. The molecule has 0 radical (unpaired) electrons. The lowest BCUT2D eigenvalue weighted by Gasteiger charge is -2.35. The number of hydrogen-bond acceptors (Lipinski definition) is 5. The lowest BCUT2D eigenvalue weighted by atomic mass is 9.83. The summed E-state index contributed by atoms with van der Waals surface area (Å²) >= 11 is 5.04. The molecule has 1 saturated carbocycles. The van der Waals surface area contributed by atoms with Gasteiger partial charge in [-0.05, 0) is 80.9 Å². The topological polar surface area (TPSA) is 93.3 Å². The largest absolute Gasteiger partial charge is 0.477 e. The van der Waals surface area contributed by atoms with Crippen molar-refractivity contribution >= 4 is 29.1 Å². The molecule has 2 aliphatic rings. The molecule has 0 spiro atoms. The van der Waals surface area contributed by atoms with Gasteiger partial charge in [0.2, 0.25) is 0 Å². The van der Waals surface area contributed by atoms with Crippen LogP contribution in [0, 0.1) is 10.8 Å². The van der Waals surface area contributed by atoms with Gasteiger partial charge in [0.25, 0.3) is 0 Å². The number of carboxylic acids is 1. The summed E-state index contributed by atoms with van der Waals surface area (Å²) in [5.74, 6) is 0.226. The van der Waals surface area contributed by atoms with Gasteiger partial charge in [-0.2, -0.15) is 4.98 Å². The first-order chi connectivity index (χ1) is 14.2. The molecule has 7 nitrogen and oxygen atoms in total. The SMILES string of the molecule is C[C@H]1C[C@]1(c1nc(=S)o[nH]1)n1c(C(=O)O)cc2cc([C@H]3CCOC(C)(C)C3)ccc21. The molecule has 0 unspecified atom stereocenters. The van der Waals surface area contributed by atoms with E-state index in [0.717, 1.165) is 36.8 Å². The quantitative estimate of drug-likeness (QED) is 0.579. The van der Waals surface area contributed by atoms with Crippen LogP contribution in [0.25, 0.3) is 10.9 Å². The van der Waals surface area contributed by atoms with Crippen LogP contribution in [0.15, 0.2) is 28.8 Å². The number of rotatable bonds is 4. The monoisotopic (exact) mass is 427 g/mol. The van der Waals surface area contributed by atoms with Gasteiger partial charge in [-0.25, -0.2) is 9.95 Å². The second-order valence-corrected chi connectivity index (χ2v) is 9.60. The molecule has 1 aliphatic carbocycles. The summed E-state index contributed by atoms with van der Waals surface area (Å²) in [6.45, 7) is 7.07. The number of aromatic nitrogens is 3. The molecule has 1 aliphatic heterocycles. The van der Waals surface area contributed by atoms with Crippen LogP contribution in [-0.4, -0.2) is 38.0 Å². The van der Waals surface area contributed by atoms with Crippen molar-refractivity contribution in [2.75, 3.05) is 6.61 Å². The van der Waals surface area contributed by atoms with Gasteiger partial charge in [0.05, 0.1) is 5.60 Å². The Morgan fingerprint density at radius 3 is 2.70 bits per heavy atom. The van der Waals surface area contributed by atoms with Crippen LogP contribution < -0.4 is 0 Å². The maximum absolute atomic E-state index is 12.2. The van der Waals surface area contributed by atoms with Crippen LogP contribution in [0.4, 0.5) is 0 Å². The number of hydrogen-bond donors (Lipinski definition) is 2. The maximum atomic E-state index is 12.2. The summed E-state index contributed by atoms with van der Waals surface area (Å²) in [4.78, 5) is 16.6. The fraction of sp³-hybridized carbons (Fsp3) is 0.500. The average Bonchev–Trinajstić information content (AvgIpc) is 3.03. The first kappa shape index (κ1) is 19.5. The third kappa shape index (κ3) is 2.93. The number of aromatic amines is 1. The van der Waals surface area contributed by atoms with Crippen molar-refractivity contribution in [1.29, 1.82) is 0 Å². The van der Waals surface area contributed by atoms with Gasteiger partial charge in [-0.1, -0.05) is 13.0 Å². The number of benzene rings is 1. The van der Waals surface area contributed by atoms with Gasteiger partial charge in [0.15, 0.2) is 5.82 Å². The molecule has 2 aromatic heterocycles. The fourth-order valence-electron chi connectivity index (χ4n) is 5.16. The first-order valence-corrected chi connectivity index (χ1v) is 10.7. The minimum absolute atomic E-state index is 0.126. The molecule has 30 heavy (non-hydrogen) atoms. The highest BCUT2D eigenvalue weighted by Crippen LogP contribution is 2.56. The maximum Gasteiger partial charge on any atom is 0.352 e. The van der Waals surface area contributed by atoms with Crippen molar-refractivity contribution in [3.63, 3.8) is 0 Å². The first-order valence-electron chi connectivity index (χ1n) is 10.3. The van der Waals surface area contributed by atoms with Gasteiger partial charge in [-0.3, -0.25) is 0 Å². The van der Waals surface area contributed by atoms with Crippen molar-refractivity contribution in [2.45, 2.75) is 57.1 Å². The molecular weight excluding hydrogens is 402 g/mol. The second-order valence-electron chi connectivity index (χ2n) is 9.25. The third-order valence-corrected chi connectivity index (χ3v) is 6.91. The molecule has 1 saturated heterocycles. The van der Waals surface area contributed by atoms with Crippen LogP contribution in [0.2, 0.25) is 0 Å². The Bertz CT molecular complexity index is 1210. The molecule has 3 heterocycles. The minimum Gasteiger partial charge on any atom is -0.477 e. The fourth-order valence-corrected chi connectivity index (χ4v) is 5.29. The number of ether oxygens (including phenoxy) is 1. The van der Waals surface area contributed by atoms with E-state index >= 15 is 0 Å². The zero-order chi connectivity index (χ0) is 21.3. The number of nitrogens with zero attached hydrogens (tertiary/aromatic N) is 2. The smallest absolute Gasteiger partial charge is 0.352 e. The molecule has 3 aromatic rings. The van der Waals surface area contributed by atoms with E-state index in [9.17, 15) is 9.90 Å². The summed E-state index contributed by atoms with van der Waals surface area (Å²) in [6, 6.07) is 8.08. The van der Waals surface area contributed by atoms with Gasteiger partial charge in [0, 0.05) is 17.5 Å². The van der Waals surface area contributed by atoms with E-state index in [1.165, 1.54) is 5.56 Å². The van der Waals surface area contributed by atoms with Crippen molar-refractivity contribution in [3.8, 4) is 0 Å². The highest BCUT2D eigenvalue weighted by atomic mass is 32.1. The van der Waals surface area contributed by atoms with Crippen molar-refractivity contribution in [3.05, 3.63) is 46.2 Å². The van der Waals surface area contributed by atoms with Crippen LogP contribution >= 0.6 is 12.2 Å². The molecule has 2 N–H and O–H groups in total. The average molecular weight is 428 g/mol. The van der Waals surface area contributed by atoms with E-state index in [1.54, 1.807) is 6.07 Å². The van der Waals surface area contributed by atoms with Crippen LogP contribution in [-0.2, 0) is 10.3 Å². The van der Waals surface area contributed by atoms with E-state index in [1.807, 2.05) is 10.6 Å². The van der Waals surface area contributed by atoms with Crippen LogP contribution in [0.5, 0.6) is 0 Å². The predicted octanol–water partition coefficient (Wildman–Crippen LogP) is 4.84. The lowest BCUT2D eigenvalue weighted by molar-refractivity contribution is -0.0592. The highest BCUT2D eigenvalue weighted by molar-refractivity contribution is 7.71. The van der Waals surface area contributed by atoms with E-state index in [4.69, 9.17) is 21.5 Å². The van der Waals surface area contributed by atoms with Crippen LogP contribution in [0.3, 0.4) is 0 Å². The van der Waals surface area contributed by atoms with Gasteiger partial charge in [0.1, 0.15) is 11.2 Å². The lowest BCUT2D eigenvalue weighted by Crippen LogP contribution is -2.32. The number of carboxylic acid groups (broad SMARTS) is 1. The summed E-state index contributed by atoms with van der Waals surface area (Å²) in [5, 5.41) is 13.7. The normalized spacial score (nSPS) is 28.0. The number of carbonyl (C=O) groups is 1. The zero-order valence-corrected chi connectivity index (χ0v) is 18.1. The summed E-state index contributed by atoms with van der Waals surface area (Å²) in [7, 11) is 0. The minimum atomic E-state index is -0.958. The molecule has 158 valence electrons. The standard InChI is InChI=1S/C22H25N3O4S/c1-12-10-22(12,19-23-20(30)29-24-19)25-16-5-4-13(8-15(16)9-17(25)18(26)27)14-6-7-28-21(2,3)11-14/h4-5,8-9,12,14H,6-7,10-11H2,1-3H3,(H,26,27)(H,23,24,30)/t12-,14-,22-/m0/s1. The third-order valence-electron chi connectivity index (χ3n) is 6.73. The Balaban J connectivity index is 1.65. The molecule has 3 atom stereocenters. The number of aromatic carboxylic acids is 1. The van der Waals surface area contributed by atoms with Gasteiger partial charge < -0.3 is 18.9 Å². The van der Waals surface area contributed by atoms with Crippen molar-refractivity contribution in [1.82, 2.24) is 14.7 Å². The van der Waals surface area contributed by atoms with Gasteiger partial charge >= 0.3 is 10.8 Å². The highest BCUT2D eigenvalue weighted by Gasteiger charge is 2.58. The summed E-state index contributed by atoms with van der Waals surface area (Å²) in [5.41, 5.74) is 1.63. The Morgan fingerprint density at radius 1 is 1.33 bits per heavy atom. The van der Waals surface area contributed by atoms with E-state index in [-0.39, 0.29) is 22.1 Å². The number of fused-ring (bicyclic) bond motifs is 1. The summed E-state index contributed by atoms with van der Waals surface area (Å²) < 4.78 is 12.9. The van der Waals surface area contributed by atoms with E-state index in [0.29, 0.717) is 11.7 Å². The van der Waals surface area contributed by atoms with E-state index < -0.39 is 11.5 Å². The van der Waals surface area contributed by atoms with Crippen molar-refractivity contribution < 1.29 is 19.2 Å². The second kappa shape index (κ2) is 6.52. The number of nitrogens with one attached hydrogen (secondary N) is 1. The molecule has 0 amide bonds. The van der Waals surface area contributed by atoms with Crippen LogP contribution in [0.1, 0.15) is 67.8 Å². The van der Waals surface area contributed by atoms with Gasteiger partial charge in [-0.15, -0.1) is 0 Å². The van der Waals surface area contributed by atoms with E-state index in [2.05, 4.69) is 43.0 Å². The molecule has 0 bridgehead atoms. The molecular formula is C22H25N3O4S. The molecule has 5 rings (SSSR count). The Labute approximate surface area is 179 Å². The zero-order valence-electron chi connectivity index (χ0n) is 17.3. The summed E-state index contributed by atoms with van der Waals surface area (Å²) in [6.07, 6.45) is 2.68. The Kier molecular flexibility index (Phi) is 4.24.